The summed E-state index contributed by atoms with van der Waals surface area (Å²) in [4.78, 5) is 69.6. The van der Waals surface area contributed by atoms with Crippen LogP contribution in [0.1, 0.15) is 110 Å². The van der Waals surface area contributed by atoms with E-state index in [4.69, 9.17) is 56.8 Å². The van der Waals surface area contributed by atoms with Gasteiger partial charge in [0.05, 0.1) is 13.7 Å². The number of methoxy groups -OCH3 is 1. The Morgan fingerprint density at radius 3 is 1.82 bits per heavy atom. The van der Waals surface area contributed by atoms with Crippen LogP contribution in [0.4, 0.5) is 4.79 Å². The topological polar surface area (TPSA) is 233 Å². The molecule has 3 aromatic carbocycles. The van der Waals surface area contributed by atoms with Gasteiger partial charge in [0.2, 0.25) is 0 Å². The Balaban J connectivity index is 1.20. The number of esters is 3. The molecule has 7 rings (SSSR count). The molecule has 0 spiro atoms. The van der Waals surface area contributed by atoms with Crippen molar-refractivity contribution in [3.63, 3.8) is 0 Å². The predicted octanol–water partition coefficient (Wildman–Crippen LogP) is 7.61. The fourth-order valence-electron chi connectivity index (χ4n) is 11.4. The molecule has 0 bridgehead atoms. The molecular formula is C59H79B4NO19P2. The van der Waals surface area contributed by atoms with Crippen molar-refractivity contribution in [2.75, 3.05) is 20.3 Å². The van der Waals surface area contributed by atoms with Crippen molar-refractivity contribution in [2.45, 2.75) is 186 Å². The molecule has 0 aliphatic carbocycles. The summed E-state index contributed by atoms with van der Waals surface area (Å²) in [5.74, 6) is -6.92. The monoisotopic (exact) mass is 1210 g/mol. The zero-order valence-corrected chi connectivity index (χ0v) is 52.3. The van der Waals surface area contributed by atoms with Crippen molar-refractivity contribution in [2.24, 2.45) is 23.7 Å². The molecule has 1 amide bonds. The number of amides is 1. The van der Waals surface area contributed by atoms with Crippen LogP contribution in [-0.2, 0) is 89.1 Å². The Labute approximate surface area is 504 Å². The van der Waals surface area contributed by atoms with E-state index in [1.54, 1.807) is 20.7 Å². The number of carbonyl (C=O) groups excluding carboxylic acids is 5. The number of Topliss-reactive ketones (excluding diaryl/α,β-unsaturated/α-hetero) is 1. The van der Waals surface area contributed by atoms with Crippen LogP contribution in [0.15, 0.2) is 84.9 Å². The molecule has 3 aromatic rings. The Morgan fingerprint density at radius 2 is 1.27 bits per heavy atom. The van der Waals surface area contributed by atoms with Gasteiger partial charge in [-0.1, -0.05) is 60.7 Å². The molecule has 26 heteroatoms. The Hall–Kier alpha value is -4.75. The third-order valence-corrected chi connectivity index (χ3v) is 19.0. The number of nitrogens with zero attached hydrogens (tertiary/aromatic N) is 1. The van der Waals surface area contributed by atoms with E-state index in [9.17, 15) is 33.4 Å². The molecule has 4 aliphatic heterocycles. The van der Waals surface area contributed by atoms with Gasteiger partial charge in [-0.15, -0.1) is 0 Å². The summed E-state index contributed by atoms with van der Waals surface area (Å²) in [6.07, 6.45) is -9.80. The van der Waals surface area contributed by atoms with Crippen LogP contribution in [0.2, 0.25) is 0 Å². The van der Waals surface area contributed by atoms with E-state index in [0.29, 0.717) is 13.5 Å². The maximum atomic E-state index is 14.4. The average molecular weight is 1210 g/mol. The van der Waals surface area contributed by atoms with E-state index in [-0.39, 0.29) is 84.4 Å². The molecule has 7 unspecified atom stereocenters. The minimum absolute atomic E-state index is 0.0114. The van der Waals surface area contributed by atoms with Gasteiger partial charge in [0, 0.05) is 12.1 Å². The number of benzene rings is 3. The first-order chi connectivity index (χ1) is 40.6. The van der Waals surface area contributed by atoms with Crippen molar-refractivity contribution < 1.29 is 90.2 Å². The molecule has 456 valence electrons. The second kappa shape index (κ2) is 31.4. The Kier molecular flexibility index (Phi) is 25.1. The Morgan fingerprint density at radius 1 is 0.718 bits per heavy atom. The van der Waals surface area contributed by atoms with Crippen molar-refractivity contribution in [3.05, 3.63) is 102 Å². The molecule has 2 radical (unpaired) electrons. The molecule has 4 heterocycles. The van der Waals surface area contributed by atoms with Gasteiger partial charge in [-0.2, -0.15) is 0 Å². The van der Waals surface area contributed by atoms with Crippen LogP contribution in [0.5, 0.6) is 5.75 Å². The van der Waals surface area contributed by atoms with Gasteiger partial charge < -0.3 is 9.47 Å². The van der Waals surface area contributed by atoms with Crippen LogP contribution >= 0.6 is 16.9 Å². The van der Waals surface area contributed by atoms with Crippen molar-refractivity contribution in [3.8, 4) is 5.75 Å². The van der Waals surface area contributed by atoms with Crippen LogP contribution < -0.4 is 4.74 Å². The number of rotatable bonds is 27. The first kappa shape index (κ1) is 67.8. The summed E-state index contributed by atoms with van der Waals surface area (Å²) < 4.78 is 101. The molecular weight excluding hydrogens is 1130 g/mol. The molecule has 4 fully saturated rings. The van der Waals surface area contributed by atoms with Gasteiger partial charge in [-0.25, -0.2) is 9.59 Å². The zero-order valence-electron chi connectivity index (χ0n) is 50.3. The normalized spacial score (nSPS) is 30.7. The number of ketones is 1. The van der Waals surface area contributed by atoms with Crippen LogP contribution in [0.3, 0.4) is 0 Å². The Bertz CT molecular complexity index is 2710. The van der Waals surface area contributed by atoms with Gasteiger partial charge >= 0.3 is 324 Å². The van der Waals surface area contributed by atoms with Gasteiger partial charge in [0.15, 0.2) is 5.78 Å². The summed E-state index contributed by atoms with van der Waals surface area (Å²) in [5, 5.41) is 0. The van der Waals surface area contributed by atoms with E-state index >= 15 is 0 Å². The molecule has 0 saturated carbocycles. The molecule has 20 nitrogen and oxygen atoms in total. The fraction of sp³-hybridized carbons (Fsp3) is 0.610. The minimum atomic E-state index is -2.14. The summed E-state index contributed by atoms with van der Waals surface area (Å²) in [5.41, 5.74) is 0.981. The molecule has 0 aromatic heterocycles. The van der Waals surface area contributed by atoms with Gasteiger partial charge in [-0.05, 0) is 49.2 Å². The number of hydrogen-bond acceptors (Lipinski definition) is 19. The summed E-state index contributed by atoms with van der Waals surface area (Å²) in [6.45, 7) is 20.7. The second-order valence-corrected chi connectivity index (χ2v) is 25.4. The van der Waals surface area contributed by atoms with Crippen molar-refractivity contribution in [1.82, 2.24) is 4.90 Å². The molecule has 85 heavy (non-hydrogen) atoms. The quantitative estimate of drug-likeness (QED) is 0.0235. The third kappa shape index (κ3) is 17.5. The van der Waals surface area contributed by atoms with E-state index in [2.05, 4.69) is 0 Å². The van der Waals surface area contributed by atoms with Crippen LogP contribution in [-0.4, -0.2) is 167 Å². The predicted molar refractivity (Wildman–Crippen MR) is 318 cm³/mol. The van der Waals surface area contributed by atoms with Crippen LogP contribution in [0, 0.1) is 23.7 Å². The van der Waals surface area contributed by atoms with Gasteiger partial charge in [-0.3, -0.25) is 9.69 Å². The first-order valence-corrected chi connectivity index (χ1v) is 31.4. The number of carbonyl (C=O) groups is 5. The van der Waals surface area contributed by atoms with Crippen molar-refractivity contribution >= 4 is 74.6 Å². The van der Waals surface area contributed by atoms with Crippen LogP contribution in [0.25, 0.3) is 0 Å². The number of ether oxygens (including phenoxy) is 12. The van der Waals surface area contributed by atoms with E-state index < -0.39 is 114 Å². The standard InChI is InChI=1S/C59H79B4NO19P2/c1-12-33(3)46-52(84-62-60-70)36(6)48(75-37(7)65)54(78-46)80-50-51(76-38(8)66)55(79-47(34(4)13-2)53(50)85-63-61-71)77-45-35(5)28-59(56(68)72-11,83-49(45)44-32-74-58(9,10)82-44)81-42-26-24-41(25-27-42)43(67)30-64(29-39-20-16-14-17-21-39)57(69)73-31-40-22-18-15-19-23-40/h14-27,33-36,44-55,84-85H,12-13,28-32H2,1-11H3/t33-,34-,35+,36?,44+,45+,46-,47?,48?,49?,50+,51?,52-,53+,54+,55-,59+/m0/s1. The zero-order chi connectivity index (χ0) is 61.6. The maximum absolute atomic E-state index is 14.4. The molecule has 4 aliphatic rings. The number of hydrogen-bond donors (Lipinski definition) is 0. The van der Waals surface area contributed by atoms with Gasteiger partial charge in [0.25, 0.3) is 0 Å². The second-order valence-electron chi connectivity index (χ2n) is 22.7. The molecule has 4 saturated heterocycles. The van der Waals surface area contributed by atoms with Gasteiger partial charge in [0.1, 0.15) is 12.4 Å². The summed E-state index contributed by atoms with van der Waals surface area (Å²) in [6, 6.07) is 24.6. The van der Waals surface area contributed by atoms with Crippen molar-refractivity contribution in [1.29, 1.82) is 0 Å². The van der Waals surface area contributed by atoms with E-state index in [0.717, 1.165) is 24.6 Å². The average Bonchev–Trinajstić information content (AvgIpc) is 3.19. The molecule has 0 N–H and O–H groups in total. The molecule has 19 atom stereocenters. The fourth-order valence-corrected chi connectivity index (χ4v) is 14.1. The van der Waals surface area contributed by atoms with E-state index in [1.165, 1.54) is 57.0 Å². The van der Waals surface area contributed by atoms with E-state index in [1.807, 2.05) is 102 Å². The third-order valence-electron chi connectivity index (χ3n) is 16.1. The SMILES string of the molecule is CC[C@H](C)C1O[C@H](O[C@H]2C([C@H]3COC(C)(C)O3)O[C@@](Oc3ccc(C(=O)CN(Cc4ccccc4)C(=O)OCc4ccccc4)cc3)(C(=O)OC)C[C@H]2C)C(OC(C)=O)[C@@H](O[C@H]2O[C@@H]([C@@H](C)CC)[C@@H](P[B]B=O)C(C)C2OC(C)=O)[C@@H]1P[B]B=O. The first-order valence-electron chi connectivity index (χ1n) is 29.1. The summed E-state index contributed by atoms with van der Waals surface area (Å²) in [7, 11) is 2.49. The summed E-state index contributed by atoms with van der Waals surface area (Å²) >= 11 is 0.